The lowest BCUT2D eigenvalue weighted by Gasteiger charge is -2.28. The van der Waals surface area contributed by atoms with Crippen LogP contribution in [-0.2, 0) is 23.7 Å². The Bertz CT molecular complexity index is 889. The van der Waals surface area contributed by atoms with Crippen molar-refractivity contribution in [2.75, 3.05) is 26.4 Å². The van der Waals surface area contributed by atoms with Crippen molar-refractivity contribution in [2.45, 2.75) is 53.0 Å². The number of rotatable bonds is 13. The Labute approximate surface area is 209 Å². The van der Waals surface area contributed by atoms with Crippen LogP contribution < -0.4 is 15.2 Å². The minimum Gasteiger partial charge on any atom is -0.480 e. The summed E-state index contributed by atoms with van der Waals surface area (Å²) in [5.41, 5.74) is 6.29. The molecule has 0 fully saturated rings. The predicted molar refractivity (Wildman–Crippen MR) is 126 cm³/mol. The third-order valence-electron chi connectivity index (χ3n) is 5.20. The molecule has 1 rings (SSSR count). The molecule has 3 N–H and O–H groups in total. The third kappa shape index (κ3) is 9.98. The van der Waals surface area contributed by atoms with Gasteiger partial charge in [0, 0.05) is 5.92 Å². The Morgan fingerprint density at radius 2 is 1.39 bits per heavy atom. The van der Waals surface area contributed by atoms with E-state index in [1.54, 1.807) is 20.8 Å². The Hall–Kier alpha value is -3.54. The molecule has 1 aromatic rings. The number of carboxylic acid groups (broad SMARTS) is 1. The standard InChI is InChI=1S/C24H35NO11/c1-6-14(4)12-33-22(28)34-13-15(5)19(20(25)21(26)27)16-9-10-17(35-23(29)31-7-2)18(11-16)36-24(30)32-8-3/h9-11,14-15,19-20H,6-8,12-13,25H2,1-5H3,(H,26,27)/t14?,15?,19?,20-/m0/s1. The molecule has 1 aromatic carbocycles. The zero-order valence-corrected chi connectivity index (χ0v) is 21.2. The van der Waals surface area contributed by atoms with E-state index in [1.807, 2.05) is 13.8 Å². The van der Waals surface area contributed by atoms with E-state index < -0.39 is 42.3 Å². The summed E-state index contributed by atoms with van der Waals surface area (Å²) in [4.78, 5) is 47.4. The maximum atomic E-state index is 11.9. The zero-order chi connectivity index (χ0) is 27.3. The number of aliphatic carboxylic acids is 1. The van der Waals surface area contributed by atoms with Crippen LogP contribution in [0.15, 0.2) is 18.2 Å². The molecular formula is C24H35NO11. The first kappa shape index (κ1) is 30.5. The highest BCUT2D eigenvalue weighted by Crippen LogP contribution is 2.36. The summed E-state index contributed by atoms with van der Waals surface area (Å²) < 4.78 is 30.0. The fraction of sp³-hybridized carbons (Fsp3) is 0.583. The normalized spacial score (nSPS) is 13.9. The zero-order valence-electron chi connectivity index (χ0n) is 21.2. The number of hydrogen-bond donors (Lipinski definition) is 2. The summed E-state index contributed by atoms with van der Waals surface area (Å²) in [6.07, 6.45) is -2.15. The number of carboxylic acids is 1. The second-order valence-electron chi connectivity index (χ2n) is 8.03. The molecule has 4 atom stereocenters. The lowest BCUT2D eigenvalue weighted by molar-refractivity contribution is -0.139. The SMILES string of the molecule is CCOC(=O)Oc1ccc(C(C(C)COC(=O)OCC(C)CC)[C@H](N)C(=O)O)cc1OC(=O)OCC. The van der Waals surface area contributed by atoms with Crippen molar-refractivity contribution in [3.63, 3.8) is 0 Å². The van der Waals surface area contributed by atoms with Gasteiger partial charge in [0.2, 0.25) is 0 Å². The molecular weight excluding hydrogens is 478 g/mol. The number of benzene rings is 1. The van der Waals surface area contributed by atoms with Crippen LogP contribution in [0.4, 0.5) is 14.4 Å². The van der Waals surface area contributed by atoms with Gasteiger partial charge in [0.25, 0.3) is 0 Å². The van der Waals surface area contributed by atoms with Gasteiger partial charge in [-0.2, -0.15) is 0 Å². The van der Waals surface area contributed by atoms with Gasteiger partial charge in [-0.1, -0.05) is 33.3 Å². The van der Waals surface area contributed by atoms with E-state index in [0.29, 0.717) is 5.56 Å². The monoisotopic (exact) mass is 513 g/mol. The largest absolute Gasteiger partial charge is 0.513 e. The van der Waals surface area contributed by atoms with Gasteiger partial charge in [0.05, 0.1) is 26.4 Å². The number of carbonyl (C=O) groups excluding carboxylic acids is 3. The number of nitrogens with two attached hydrogens (primary N) is 1. The molecule has 0 heterocycles. The second-order valence-corrected chi connectivity index (χ2v) is 8.03. The number of carbonyl (C=O) groups is 4. The molecule has 0 aliphatic rings. The van der Waals surface area contributed by atoms with Crippen molar-refractivity contribution in [3.8, 4) is 11.5 Å². The lowest BCUT2D eigenvalue weighted by Crippen LogP contribution is -2.40. The highest BCUT2D eigenvalue weighted by molar-refractivity contribution is 5.75. The first-order valence-corrected chi connectivity index (χ1v) is 11.6. The minimum absolute atomic E-state index is 0.0284. The second kappa shape index (κ2) is 15.5. The molecule has 0 saturated carbocycles. The van der Waals surface area contributed by atoms with Crippen LogP contribution >= 0.6 is 0 Å². The number of hydrogen-bond acceptors (Lipinski definition) is 11. The van der Waals surface area contributed by atoms with E-state index >= 15 is 0 Å². The fourth-order valence-electron chi connectivity index (χ4n) is 3.09. The van der Waals surface area contributed by atoms with Gasteiger partial charge in [-0.05, 0) is 43.4 Å². The summed E-state index contributed by atoms with van der Waals surface area (Å²) in [6, 6.07) is 2.65. The summed E-state index contributed by atoms with van der Waals surface area (Å²) in [5, 5.41) is 9.58. The maximum Gasteiger partial charge on any atom is 0.513 e. The molecule has 12 heteroatoms. The van der Waals surface area contributed by atoms with Crippen molar-refractivity contribution in [3.05, 3.63) is 23.8 Å². The van der Waals surface area contributed by atoms with Crippen LogP contribution in [0.1, 0.15) is 52.5 Å². The highest BCUT2D eigenvalue weighted by atomic mass is 16.7. The van der Waals surface area contributed by atoms with Gasteiger partial charge >= 0.3 is 24.4 Å². The highest BCUT2D eigenvalue weighted by Gasteiger charge is 2.33. The van der Waals surface area contributed by atoms with Crippen LogP contribution in [0, 0.1) is 11.8 Å². The van der Waals surface area contributed by atoms with Gasteiger partial charge in [-0.15, -0.1) is 0 Å². The van der Waals surface area contributed by atoms with Crippen LogP contribution in [0.25, 0.3) is 0 Å². The molecule has 3 unspecified atom stereocenters. The van der Waals surface area contributed by atoms with Crippen molar-refractivity contribution >= 4 is 24.4 Å². The molecule has 0 bridgehead atoms. The summed E-state index contributed by atoms with van der Waals surface area (Å²) >= 11 is 0. The summed E-state index contributed by atoms with van der Waals surface area (Å²) in [5.74, 6) is -3.01. The van der Waals surface area contributed by atoms with E-state index in [-0.39, 0.29) is 43.8 Å². The molecule has 0 radical (unpaired) electrons. The van der Waals surface area contributed by atoms with E-state index in [1.165, 1.54) is 18.2 Å². The average Bonchev–Trinajstić information content (AvgIpc) is 2.82. The van der Waals surface area contributed by atoms with Crippen LogP contribution in [0.5, 0.6) is 11.5 Å². The molecule has 36 heavy (non-hydrogen) atoms. The maximum absolute atomic E-state index is 11.9. The van der Waals surface area contributed by atoms with E-state index in [4.69, 9.17) is 34.2 Å². The average molecular weight is 514 g/mol. The van der Waals surface area contributed by atoms with Crippen molar-refractivity contribution in [1.29, 1.82) is 0 Å². The first-order valence-electron chi connectivity index (χ1n) is 11.6. The van der Waals surface area contributed by atoms with Crippen LogP contribution in [0.3, 0.4) is 0 Å². The van der Waals surface area contributed by atoms with E-state index in [2.05, 4.69) is 0 Å². The molecule has 0 aliphatic carbocycles. The molecule has 0 aromatic heterocycles. The van der Waals surface area contributed by atoms with E-state index in [9.17, 15) is 24.3 Å². The summed E-state index contributed by atoms with van der Waals surface area (Å²) in [7, 11) is 0. The lowest BCUT2D eigenvalue weighted by atomic mass is 9.82. The molecule has 0 saturated heterocycles. The van der Waals surface area contributed by atoms with Gasteiger partial charge in [-0.3, -0.25) is 4.79 Å². The van der Waals surface area contributed by atoms with Gasteiger partial charge in [0.15, 0.2) is 11.5 Å². The van der Waals surface area contributed by atoms with Crippen molar-refractivity contribution < 1.29 is 52.7 Å². The Morgan fingerprint density at radius 1 is 0.833 bits per heavy atom. The van der Waals surface area contributed by atoms with E-state index in [0.717, 1.165) is 6.42 Å². The quantitative estimate of drug-likeness (QED) is 0.220. The van der Waals surface area contributed by atoms with Gasteiger partial charge in [0.1, 0.15) is 6.04 Å². The predicted octanol–water partition coefficient (Wildman–Crippen LogP) is 4.09. The Morgan fingerprint density at radius 3 is 1.92 bits per heavy atom. The van der Waals surface area contributed by atoms with Gasteiger partial charge < -0.3 is 39.3 Å². The Balaban J connectivity index is 3.21. The van der Waals surface area contributed by atoms with Crippen LogP contribution in [-0.4, -0.2) is 62.0 Å². The summed E-state index contributed by atoms with van der Waals surface area (Å²) in [6.45, 7) is 8.76. The van der Waals surface area contributed by atoms with Crippen LogP contribution in [0.2, 0.25) is 0 Å². The smallest absolute Gasteiger partial charge is 0.480 e. The fourth-order valence-corrected chi connectivity index (χ4v) is 3.09. The molecule has 202 valence electrons. The van der Waals surface area contributed by atoms with Crippen molar-refractivity contribution in [2.24, 2.45) is 17.6 Å². The first-order chi connectivity index (χ1) is 17.0. The topological polar surface area (TPSA) is 170 Å². The van der Waals surface area contributed by atoms with Gasteiger partial charge in [-0.25, -0.2) is 14.4 Å². The molecule has 12 nitrogen and oxygen atoms in total. The van der Waals surface area contributed by atoms with Crippen molar-refractivity contribution in [1.82, 2.24) is 0 Å². The number of ether oxygens (including phenoxy) is 6. The Kier molecular flexibility index (Phi) is 13.1. The molecule has 0 spiro atoms. The molecule has 0 amide bonds. The minimum atomic E-state index is -1.41. The molecule has 0 aliphatic heterocycles. The third-order valence-corrected chi connectivity index (χ3v) is 5.20.